The first-order valence-corrected chi connectivity index (χ1v) is 6.59. The second-order valence-corrected chi connectivity index (χ2v) is 5.30. The van der Waals surface area contributed by atoms with Crippen molar-refractivity contribution in [3.63, 3.8) is 0 Å². The van der Waals surface area contributed by atoms with Crippen LogP contribution in [-0.4, -0.2) is 38.5 Å². The van der Waals surface area contributed by atoms with Crippen LogP contribution in [0, 0.1) is 6.92 Å². The SMILES string of the molecule is COC(=O)C(C)Sc1nnnn1-c1ccc(C)cc1. The molecule has 0 saturated heterocycles. The number of hydrogen-bond donors (Lipinski definition) is 0. The Morgan fingerprint density at radius 3 is 2.68 bits per heavy atom. The average Bonchev–Trinajstić information content (AvgIpc) is 2.86. The lowest BCUT2D eigenvalue weighted by molar-refractivity contribution is -0.139. The van der Waals surface area contributed by atoms with Gasteiger partial charge >= 0.3 is 5.97 Å². The van der Waals surface area contributed by atoms with E-state index >= 15 is 0 Å². The van der Waals surface area contributed by atoms with E-state index < -0.39 is 0 Å². The molecular formula is C12H14N4O2S. The van der Waals surface area contributed by atoms with E-state index in [1.54, 1.807) is 11.6 Å². The molecule has 0 N–H and O–H groups in total. The molecule has 0 radical (unpaired) electrons. The lowest BCUT2D eigenvalue weighted by Crippen LogP contribution is -2.15. The Balaban J connectivity index is 2.22. The summed E-state index contributed by atoms with van der Waals surface area (Å²) in [7, 11) is 1.36. The maximum atomic E-state index is 11.4. The third-order valence-corrected chi connectivity index (χ3v) is 3.55. The third kappa shape index (κ3) is 3.11. The molecule has 1 aromatic heterocycles. The number of methoxy groups -OCH3 is 1. The number of thioether (sulfide) groups is 1. The smallest absolute Gasteiger partial charge is 0.318 e. The van der Waals surface area contributed by atoms with Crippen LogP contribution in [0.1, 0.15) is 12.5 Å². The molecule has 0 aliphatic rings. The van der Waals surface area contributed by atoms with Crippen LogP contribution in [0.2, 0.25) is 0 Å². The van der Waals surface area contributed by atoms with Crippen LogP contribution in [0.4, 0.5) is 0 Å². The Hall–Kier alpha value is -1.89. The summed E-state index contributed by atoms with van der Waals surface area (Å²) in [6, 6.07) is 7.82. The molecule has 2 rings (SSSR count). The molecule has 0 amide bonds. The van der Waals surface area contributed by atoms with Crippen LogP contribution >= 0.6 is 11.8 Å². The van der Waals surface area contributed by atoms with E-state index in [2.05, 4.69) is 20.3 Å². The highest BCUT2D eigenvalue weighted by Crippen LogP contribution is 2.23. The highest BCUT2D eigenvalue weighted by atomic mass is 32.2. The van der Waals surface area contributed by atoms with E-state index in [-0.39, 0.29) is 11.2 Å². The van der Waals surface area contributed by atoms with Crippen molar-refractivity contribution in [3.05, 3.63) is 29.8 Å². The molecule has 0 bridgehead atoms. The quantitative estimate of drug-likeness (QED) is 0.625. The molecule has 100 valence electrons. The van der Waals surface area contributed by atoms with Crippen molar-refractivity contribution >= 4 is 17.7 Å². The summed E-state index contributed by atoms with van der Waals surface area (Å²) in [6.07, 6.45) is 0. The van der Waals surface area contributed by atoms with E-state index in [9.17, 15) is 4.79 Å². The van der Waals surface area contributed by atoms with Crippen molar-refractivity contribution in [1.29, 1.82) is 0 Å². The molecule has 0 aliphatic heterocycles. The molecule has 1 heterocycles. The number of ether oxygens (including phenoxy) is 1. The highest BCUT2D eigenvalue weighted by Gasteiger charge is 2.19. The lowest BCUT2D eigenvalue weighted by Gasteiger charge is -2.08. The predicted octanol–water partition coefficient (Wildman–Crippen LogP) is 1.62. The molecule has 19 heavy (non-hydrogen) atoms. The summed E-state index contributed by atoms with van der Waals surface area (Å²) in [5.41, 5.74) is 2.02. The zero-order chi connectivity index (χ0) is 13.8. The minimum Gasteiger partial charge on any atom is -0.468 e. The zero-order valence-corrected chi connectivity index (χ0v) is 11.7. The number of nitrogens with zero attached hydrogens (tertiary/aromatic N) is 4. The number of aryl methyl sites for hydroxylation is 1. The number of carbonyl (C=O) groups excluding carboxylic acids is 1. The summed E-state index contributed by atoms with van der Waals surface area (Å²) >= 11 is 1.26. The maximum absolute atomic E-state index is 11.4. The molecular weight excluding hydrogens is 264 g/mol. The number of hydrogen-bond acceptors (Lipinski definition) is 6. The van der Waals surface area contributed by atoms with Crippen molar-refractivity contribution in [1.82, 2.24) is 20.2 Å². The van der Waals surface area contributed by atoms with Gasteiger partial charge in [0.25, 0.3) is 0 Å². The van der Waals surface area contributed by atoms with E-state index in [0.717, 1.165) is 11.3 Å². The monoisotopic (exact) mass is 278 g/mol. The summed E-state index contributed by atoms with van der Waals surface area (Å²) in [5, 5.41) is 11.7. The normalized spacial score (nSPS) is 12.2. The third-order valence-electron chi connectivity index (χ3n) is 2.53. The lowest BCUT2D eigenvalue weighted by atomic mass is 10.2. The van der Waals surface area contributed by atoms with Crippen LogP contribution in [-0.2, 0) is 9.53 Å². The van der Waals surface area contributed by atoms with Gasteiger partial charge in [-0.1, -0.05) is 29.5 Å². The fourth-order valence-corrected chi connectivity index (χ4v) is 2.31. The van der Waals surface area contributed by atoms with Crippen molar-refractivity contribution in [2.45, 2.75) is 24.3 Å². The molecule has 0 fully saturated rings. The first-order valence-electron chi connectivity index (χ1n) is 5.71. The Labute approximate surface area is 115 Å². The van der Waals surface area contributed by atoms with Gasteiger partial charge in [-0.25, -0.2) is 0 Å². The summed E-state index contributed by atoms with van der Waals surface area (Å²) in [6.45, 7) is 3.77. The molecule has 6 nitrogen and oxygen atoms in total. The Kier molecular flexibility index (Phi) is 4.16. The van der Waals surface area contributed by atoms with Gasteiger partial charge in [-0.05, 0) is 36.4 Å². The molecule has 7 heteroatoms. The topological polar surface area (TPSA) is 69.9 Å². The van der Waals surface area contributed by atoms with Gasteiger partial charge in [0.1, 0.15) is 5.25 Å². The second kappa shape index (κ2) is 5.83. The first kappa shape index (κ1) is 13.5. The van der Waals surface area contributed by atoms with Crippen LogP contribution in [0.25, 0.3) is 5.69 Å². The van der Waals surface area contributed by atoms with Crippen molar-refractivity contribution in [2.75, 3.05) is 7.11 Å². The molecule has 1 aromatic carbocycles. The number of rotatable bonds is 4. The van der Waals surface area contributed by atoms with E-state index in [4.69, 9.17) is 0 Å². The van der Waals surface area contributed by atoms with Crippen LogP contribution in [0.5, 0.6) is 0 Å². The van der Waals surface area contributed by atoms with E-state index in [1.165, 1.54) is 18.9 Å². The number of benzene rings is 1. The fraction of sp³-hybridized carbons (Fsp3) is 0.333. The molecule has 1 atom stereocenters. The highest BCUT2D eigenvalue weighted by molar-refractivity contribution is 8.00. The van der Waals surface area contributed by atoms with Gasteiger partial charge in [0, 0.05) is 0 Å². The standard InChI is InChI=1S/C12H14N4O2S/c1-8-4-6-10(7-5-8)16-12(13-14-15-16)19-9(2)11(17)18-3/h4-7,9H,1-3H3. The van der Waals surface area contributed by atoms with Gasteiger partial charge in [-0.15, -0.1) is 5.10 Å². The molecule has 0 spiro atoms. The molecule has 0 aliphatic carbocycles. The second-order valence-electron chi connectivity index (χ2n) is 3.99. The van der Waals surface area contributed by atoms with Crippen LogP contribution in [0.3, 0.4) is 0 Å². The van der Waals surface area contributed by atoms with Crippen molar-refractivity contribution in [2.24, 2.45) is 0 Å². The summed E-state index contributed by atoms with van der Waals surface area (Å²) in [4.78, 5) is 11.4. The number of esters is 1. The number of carbonyl (C=O) groups is 1. The van der Waals surface area contributed by atoms with Gasteiger partial charge in [-0.2, -0.15) is 4.68 Å². The maximum Gasteiger partial charge on any atom is 0.318 e. The number of tetrazole rings is 1. The van der Waals surface area contributed by atoms with E-state index in [0.29, 0.717) is 5.16 Å². The minimum atomic E-state index is -0.361. The molecule has 0 saturated carbocycles. The van der Waals surface area contributed by atoms with Crippen molar-refractivity contribution < 1.29 is 9.53 Å². The Bertz CT molecular complexity index is 567. The van der Waals surface area contributed by atoms with E-state index in [1.807, 2.05) is 31.2 Å². The van der Waals surface area contributed by atoms with Gasteiger partial charge in [0.05, 0.1) is 12.8 Å². The van der Waals surface area contributed by atoms with Gasteiger partial charge in [0.15, 0.2) is 0 Å². The van der Waals surface area contributed by atoms with Gasteiger partial charge in [0.2, 0.25) is 5.16 Å². The van der Waals surface area contributed by atoms with Crippen LogP contribution < -0.4 is 0 Å². The predicted molar refractivity (Wildman–Crippen MR) is 71.2 cm³/mol. The zero-order valence-electron chi connectivity index (χ0n) is 10.9. The Morgan fingerprint density at radius 2 is 2.05 bits per heavy atom. The fourth-order valence-electron chi connectivity index (χ4n) is 1.47. The molecule has 2 aromatic rings. The number of aromatic nitrogens is 4. The summed E-state index contributed by atoms with van der Waals surface area (Å²) < 4.78 is 6.29. The average molecular weight is 278 g/mol. The first-order chi connectivity index (χ1) is 9.11. The van der Waals surface area contributed by atoms with Gasteiger partial charge < -0.3 is 4.74 Å². The largest absolute Gasteiger partial charge is 0.468 e. The van der Waals surface area contributed by atoms with Gasteiger partial charge in [-0.3, -0.25) is 4.79 Å². The molecule has 1 unspecified atom stereocenters. The van der Waals surface area contributed by atoms with Crippen molar-refractivity contribution in [3.8, 4) is 5.69 Å². The minimum absolute atomic E-state index is 0.302. The summed E-state index contributed by atoms with van der Waals surface area (Å²) in [5.74, 6) is -0.302. The Morgan fingerprint density at radius 1 is 1.37 bits per heavy atom. The van der Waals surface area contributed by atoms with Crippen LogP contribution in [0.15, 0.2) is 29.4 Å².